The Morgan fingerprint density at radius 2 is 1.69 bits per heavy atom. The summed E-state index contributed by atoms with van der Waals surface area (Å²) in [5.41, 5.74) is -0.701. The molecule has 0 aliphatic heterocycles. The van der Waals surface area contributed by atoms with Crippen LogP contribution in [0.25, 0.3) is 0 Å². The van der Waals surface area contributed by atoms with Gasteiger partial charge >= 0.3 is 12.1 Å². The molecule has 0 aromatic heterocycles. The normalized spacial score (nSPS) is 11.9. The van der Waals surface area contributed by atoms with E-state index in [0.717, 1.165) is 12.0 Å². The molecule has 0 aromatic rings. The molecule has 0 rings (SSSR count). The van der Waals surface area contributed by atoms with E-state index < -0.39 is 48.9 Å². The second-order valence-electron chi connectivity index (χ2n) is 6.17. The van der Waals surface area contributed by atoms with Gasteiger partial charge in [0, 0.05) is 7.11 Å². The van der Waals surface area contributed by atoms with Gasteiger partial charge in [-0.3, -0.25) is 14.4 Å². The van der Waals surface area contributed by atoms with Crippen molar-refractivity contribution in [1.29, 1.82) is 0 Å². The molecule has 0 heterocycles. The number of nitrogens with one attached hydrogen (secondary N) is 2. The maximum atomic E-state index is 12.1. The molecule has 0 radical (unpaired) electrons. The second kappa shape index (κ2) is 11.3. The molecule has 0 saturated heterocycles. The lowest BCUT2D eigenvalue weighted by Crippen LogP contribution is -2.47. The summed E-state index contributed by atoms with van der Waals surface area (Å²) in [5.74, 6) is -1.97. The molecule has 0 fully saturated rings. The highest BCUT2D eigenvalue weighted by atomic mass is 16.6. The molecule has 3 N–H and O–H groups in total. The number of carbonyl (C=O) groups excluding carboxylic acids is 4. The first-order valence-electron chi connectivity index (χ1n) is 7.77. The summed E-state index contributed by atoms with van der Waals surface area (Å²) in [6.07, 6.45) is -2.07. The number of methoxy groups -OCH3 is 2. The molecule has 11 nitrogen and oxygen atoms in total. The van der Waals surface area contributed by atoms with E-state index in [4.69, 9.17) is 4.74 Å². The Morgan fingerprint density at radius 1 is 1.08 bits per heavy atom. The molecule has 11 heteroatoms. The highest BCUT2D eigenvalue weighted by molar-refractivity contribution is 5.88. The number of nitrogens with zero attached hydrogens (tertiary/aromatic N) is 1. The number of ether oxygens (including phenoxy) is 3. The van der Waals surface area contributed by atoms with E-state index in [1.807, 2.05) is 0 Å². The number of aliphatic hydroxyl groups is 1. The minimum absolute atomic E-state index is 0.281. The van der Waals surface area contributed by atoms with Crippen molar-refractivity contribution in [2.24, 2.45) is 0 Å². The lowest BCUT2D eigenvalue weighted by atomic mass is 10.2. The molecular weight excluding hydrogens is 350 g/mol. The smallest absolute Gasteiger partial charge is 0.408 e. The van der Waals surface area contributed by atoms with Crippen LogP contribution in [0.15, 0.2) is 0 Å². The topological polar surface area (TPSA) is 143 Å². The number of aliphatic hydroxyl groups excluding tert-OH is 1. The summed E-state index contributed by atoms with van der Waals surface area (Å²) in [6.45, 7) is 3.50. The fourth-order valence-electron chi connectivity index (χ4n) is 1.55. The van der Waals surface area contributed by atoms with Crippen LogP contribution in [0.4, 0.5) is 4.79 Å². The number of carbonyl (C=O) groups is 4. The quantitative estimate of drug-likeness (QED) is 0.329. The zero-order chi connectivity index (χ0) is 20.3. The minimum Gasteiger partial charge on any atom is -0.468 e. The number of alkyl carbamates (subject to hydrolysis) is 1. The molecule has 0 spiro atoms. The zero-order valence-corrected chi connectivity index (χ0v) is 15.7. The number of esters is 1. The van der Waals surface area contributed by atoms with Crippen LogP contribution in [0.2, 0.25) is 0 Å². The molecule has 26 heavy (non-hydrogen) atoms. The summed E-state index contributed by atoms with van der Waals surface area (Å²) in [5, 5.41) is 14.0. The van der Waals surface area contributed by atoms with E-state index in [9.17, 15) is 24.3 Å². The van der Waals surface area contributed by atoms with E-state index >= 15 is 0 Å². The molecule has 0 saturated carbocycles. The van der Waals surface area contributed by atoms with Gasteiger partial charge in [0.15, 0.2) is 6.29 Å². The summed E-state index contributed by atoms with van der Waals surface area (Å²) >= 11 is 0. The van der Waals surface area contributed by atoms with Crippen LogP contribution < -0.4 is 10.6 Å². The second-order valence-corrected chi connectivity index (χ2v) is 6.17. The Balaban J connectivity index is 4.44. The molecule has 1 atom stereocenters. The largest absolute Gasteiger partial charge is 0.468 e. The highest BCUT2D eigenvalue weighted by Gasteiger charge is 2.21. The third kappa shape index (κ3) is 11.2. The molecule has 0 aliphatic rings. The van der Waals surface area contributed by atoms with Crippen molar-refractivity contribution in [3.63, 3.8) is 0 Å². The van der Waals surface area contributed by atoms with Gasteiger partial charge in [0.2, 0.25) is 11.8 Å². The first-order chi connectivity index (χ1) is 12.0. The van der Waals surface area contributed by atoms with Gasteiger partial charge < -0.3 is 34.9 Å². The molecule has 0 bridgehead atoms. The van der Waals surface area contributed by atoms with Crippen LogP contribution in [0, 0.1) is 0 Å². The minimum atomic E-state index is -1.30. The number of hydrogen-bond acceptors (Lipinski definition) is 8. The Morgan fingerprint density at radius 3 is 2.19 bits per heavy atom. The van der Waals surface area contributed by atoms with E-state index in [2.05, 4.69) is 20.1 Å². The van der Waals surface area contributed by atoms with Crippen LogP contribution >= 0.6 is 0 Å². The van der Waals surface area contributed by atoms with Gasteiger partial charge in [-0.15, -0.1) is 0 Å². The van der Waals surface area contributed by atoms with Crippen molar-refractivity contribution >= 4 is 23.9 Å². The molecular formula is C15H27N3O8. The maximum Gasteiger partial charge on any atom is 0.408 e. The fraction of sp³-hybridized carbons (Fsp3) is 0.733. The van der Waals surface area contributed by atoms with Crippen LogP contribution in [0.1, 0.15) is 20.8 Å². The molecule has 0 aliphatic carbocycles. The average Bonchev–Trinajstić information content (AvgIpc) is 2.55. The zero-order valence-electron chi connectivity index (χ0n) is 15.7. The number of rotatable bonds is 9. The Hall–Kier alpha value is -2.40. The van der Waals surface area contributed by atoms with Crippen LogP contribution in [-0.2, 0) is 28.6 Å². The fourth-order valence-corrected chi connectivity index (χ4v) is 1.55. The van der Waals surface area contributed by atoms with E-state index in [1.165, 1.54) is 7.11 Å². The molecule has 150 valence electrons. The molecule has 0 aromatic carbocycles. The molecule has 3 amide bonds. The van der Waals surface area contributed by atoms with Gasteiger partial charge in [-0.05, 0) is 20.8 Å². The van der Waals surface area contributed by atoms with Crippen molar-refractivity contribution in [2.75, 3.05) is 40.4 Å². The number of amides is 3. The predicted octanol–water partition coefficient (Wildman–Crippen LogP) is -1.41. The van der Waals surface area contributed by atoms with Gasteiger partial charge in [0.05, 0.1) is 20.2 Å². The Labute approximate surface area is 151 Å². The van der Waals surface area contributed by atoms with Crippen molar-refractivity contribution in [1.82, 2.24) is 15.5 Å². The summed E-state index contributed by atoms with van der Waals surface area (Å²) in [6, 6.07) is 0. The van der Waals surface area contributed by atoms with Gasteiger partial charge in [-0.1, -0.05) is 0 Å². The number of hydrogen-bond donors (Lipinski definition) is 3. The average molecular weight is 377 g/mol. The van der Waals surface area contributed by atoms with Crippen LogP contribution in [0.3, 0.4) is 0 Å². The predicted molar refractivity (Wildman–Crippen MR) is 88.9 cm³/mol. The SMILES string of the molecule is COC(=O)CN(C[C@@H](O)OC)C(=O)CNC(=O)CNC(=O)OC(C)(C)C. The van der Waals surface area contributed by atoms with E-state index in [0.29, 0.717) is 0 Å². The first-order valence-corrected chi connectivity index (χ1v) is 7.77. The highest BCUT2D eigenvalue weighted by Crippen LogP contribution is 2.06. The Kier molecular flexibility index (Phi) is 10.2. The maximum absolute atomic E-state index is 12.1. The third-order valence-electron chi connectivity index (χ3n) is 2.78. The summed E-state index contributed by atoms with van der Waals surface area (Å²) in [7, 11) is 2.39. The van der Waals surface area contributed by atoms with Crippen molar-refractivity contribution in [2.45, 2.75) is 32.7 Å². The van der Waals surface area contributed by atoms with Gasteiger partial charge in [0.1, 0.15) is 18.7 Å². The first kappa shape index (κ1) is 23.6. The van der Waals surface area contributed by atoms with Crippen LogP contribution in [-0.4, -0.2) is 86.2 Å². The van der Waals surface area contributed by atoms with Gasteiger partial charge in [0.25, 0.3) is 0 Å². The third-order valence-corrected chi connectivity index (χ3v) is 2.78. The van der Waals surface area contributed by atoms with Crippen molar-refractivity contribution < 1.29 is 38.5 Å². The van der Waals surface area contributed by atoms with Crippen molar-refractivity contribution in [3.8, 4) is 0 Å². The summed E-state index contributed by atoms with van der Waals surface area (Å²) in [4.78, 5) is 47.5. The van der Waals surface area contributed by atoms with E-state index in [-0.39, 0.29) is 13.1 Å². The van der Waals surface area contributed by atoms with E-state index in [1.54, 1.807) is 20.8 Å². The molecule has 0 unspecified atom stereocenters. The van der Waals surface area contributed by atoms with Gasteiger partial charge in [-0.25, -0.2) is 4.79 Å². The summed E-state index contributed by atoms with van der Waals surface area (Å²) < 4.78 is 14.1. The standard InChI is InChI=1S/C15H27N3O8/c1-15(2,3)26-14(23)17-6-10(19)16-7-11(20)18(8-12(21)24-4)9-13(22)25-5/h12,21H,6-9H2,1-5H3,(H,16,19)(H,17,23)/t12-/m0/s1. The lowest BCUT2D eigenvalue weighted by Gasteiger charge is -2.23. The van der Waals surface area contributed by atoms with Gasteiger partial charge in [-0.2, -0.15) is 0 Å². The monoisotopic (exact) mass is 377 g/mol. The van der Waals surface area contributed by atoms with Crippen molar-refractivity contribution in [3.05, 3.63) is 0 Å². The Bertz CT molecular complexity index is 504. The van der Waals surface area contributed by atoms with Crippen LogP contribution in [0.5, 0.6) is 0 Å². The lowest BCUT2D eigenvalue weighted by molar-refractivity contribution is -0.152.